The fourth-order valence-electron chi connectivity index (χ4n) is 1.84. The van der Waals surface area contributed by atoms with Gasteiger partial charge in [0.2, 0.25) is 12.7 Å². The second kappa shape index (κ2) is 4.61. The third-order valence-electron chi connectivity index (χ3n) is 2.68. The van der Waals surface area contributed by atoms with Gasteiger partial charge < -0.3 is 14.6 Å². The van der Waals surface area contributed by atoms with Gasteiger partial charge in [0.25, 0.3) is 0 Å². The van der Waals surface area contributed by atoms with E-state index in [0.717, 1.165) is 22.8 Å². The molecular weight excluding hydrogens is 244 g/mol. The van der Waals surface area contributed by atoms with Crippen LogP contribution >= 0.6 is 0 Å². The average Bonchev–Trinajstić information content (AvgIpc) is 2.82. The van der Waals surface area contributed by atoms with E-state index in [1.807, 2.05) is 24.3 Å². The van der Waals surface area contributed by atoms with E-state index in [2.05, 4.69) is 9.97 Å². The summed E-state index contributed by atoms with van der Waals surface area (Å²) in [6, 6.07) is 7.17. The minimum atomic E-state index is -0.0298. The maximum absolute atomic E-state index is 9.40. The van der Waals surface area contributed by atoms with Crippen LogP contribution in [-0.4, -0.2) is 21.9 Å². The third-order valence-corrected chi connectivity index (χ3v) is 2.68. The lowest BCUT2D eigenvalue weighted by molar-refractivity contribution is 0.174. The summed E-state index contributed by atoms with van der Waals surface area (Å²) < 4.78 is 10.5. The van der Waals surface area contributed by atoms with Crippen LogP contribution in [0.4, 0.5) is 0 Å². The van der Waals surface area contributed by atoms with Crippen LogP contribution in [0, 0.1) is 6.92 Å². The Morgan fingerprint density at radius 1 is 1.11 bits per heavy atom. The van der Waals surface area contributed by atoms with Gasteiger partial charge in [0.15, 0.2) is 17.3 Å². The van der Waals surface area contributed by atoms with E-state index < -0.39 is 0 Å². The van der Waals surface area contributed by atoms with Gasteiger partial charge in [0.05, 0.1) is 0 Å². The molecule has 0 saturated carbocycles. The van der Waals surface area contributed by atoms with Gasteiger partial charge in [-0.1, -0.05) is 12.1 Å². The molecule has 1 aromatic heterocycles. The van der Waals surface area contributed by atoms with Crippen molar-refractivity contribution in [3.05, 3.63) is 41.3 Å². The number of nitrogens with zero attached hydrogens (tertiary/aromatic N) is 2. The molecule has 2 aromatic rings. The van der Waals surface area contributed by atoms with E-state index in [0.29, 0.717) is 5.82 Å². The molecule has 19 heavy (non-hydrogen) atoms. The van der Waals surface area contributed by atoms with Gasteiger partial charge in [0.1, 0.15) is 0 Å². The summed E-state index contributed by atoms with van der Waals surface area (Å²) >= 11 is 0. The number of benzene rings is 1. The SMILES string of the molecule is Cc1cc(O)nc(C=Cc2ccc3c(c2)OCO3)n1. The first-order chi connectivity index (χ1) is 9.20. The topological polar surface area (TPSA) is 64.5 Å². The fraction of sp³-hybridized carbons (Fsp3) is 0.143. The number of hydrogen-bond donors (Lipinski definition) is 1. The van der Waals surface area contributed by atoms with E-state index in [9.17, 15) is 5.11 Å². The highest BCUT2D eigenvalue weighted by Gasteiger charge is 2.12. The Balaban J connectivity index is 1.86. The molecule has 96 valence electrons. The predicted molar refractivity (Wildman–Crippen MR) is 69.9 cm³/mol. The molecule has 0 radical (unpaired) electrons. The van der Waals surface area contributed by atoms with E-state index >= 15 is 0 Å². The highest BCUT2D eigenvalue weighted by Crippen LogP contribution is 2.32. The van der Waals surface area contributed by atoms with Crippen LogP contribution in [0.15, 0.2) is 24.3 Å². The monoisotopic (exact) mass is 256 g/mol. The van der Waals surface area contributed by atoms with Crippen molar-refractivity contribution in [2.24, 2.45) is 0 Å². The normalized spacial score (nSPS) is 13.1. The zero-order valence-electron chi connectivity index (χ0n) is 10.3. The van der Waals surface area contributed by atoms with Crippen LogP contribution in [0.3, 0.4) is 0 Å². The number of rotatable bonds is 2. The molecule has 1 aliphatic rings. The van der Waals surface area contributed by atoms with Gasteiger partial charge in [-0.25, -0.2) is 4.98 Å². The van der Waals surface area contributed by atoms with Crippen molar-refractivity contribution in [1.29, 1.82) is 0 Å². The van der Waals surface area contributed by atoms with Gasteiger partial charge in [-0.2, -0.15) is 4.98 Å². The zero-order valence-corrected chi connectivity index (χ0v) is 10.3. The average molecular weight is 256 g/mol. The Morgan fingerprint density at radius 3 is 2.79 bits per heavy atom. The number of fused-ring (bicyclic) bond motifs is 1. The number of ether oxygens (including phenoxy) is 2. The van der Waals surface area contributed by atoms with E-state index in [1.54, 1.807) is 13.0 Å². The maximum atomic E-state index is 9.40. The van der Waals surface area contributed by atoms with Crippen LogP contribution in [0.25, 0.3) is 12.2 Å². The molecule has 1 aromatic carbocycles. The summed E-state index contributed by atoms with van der Waals surface area (Å²) in [7, 11) is 0. The number of aromatic nitrogens is 2. The van der Waals surface area contributed by atoms with E-state index in [-0.39, 0.29) is 12.7 Å². The van der Waals surface area contributed by atoms with E-state index in [1.165, 1.54) is 6.07 Å². The van der Waals surface area contributed by atoms with Crippen molar-refractivity contribution in [2.75, 3.05) is 6.79 Å². The number of aryl methyl sites for hydroxylation is 1. The molecule has 0 atom stereocenters. The minimum Gasteiger partial charge on any atom is -0.493 e. The molecule has 0 amide bonds. The molecule has 0 spiro atoms. The Hall–Kier alpha value is -2.56. The van der Waals surface area contributed by atoms with Crippen LogP contribution in [0.5, 0.6) is 17.4 Å². The molecule has 5 nitrogen and oxygen atoms in total. The third kappa shape index (κ3) is 2.49. The lowest BCUT2D eigenvalue weighted by Crippen LogP contribution is -1.92. The van der Waals surface area contributed by atoms with Crippen molar-refractivity contribution in [3.8, 4) is 17.4 Å². The Bertz CT molecular complexity index is 633. The van der Waals surface area contributed by atoms with Gasteiger partial charge in [-0.3, -0.25) is 0 Å². The molecule has 5 heteroatoms. The first-order valence-corrected chi connectivity index (χ1v) is 5.83. The Morgan fingerprint density at radius 2 is 1.95 bits per heavy atom. The summed E-state index contributed by atoms with van der Waals surface area (Å²) in [6.07, 6.45) is 3.60. The first kappa shape index (κ1) is 11.5. The van der Waals surface area contributed by atoms with Crippen molar-refractivity contribution in [2.45, 2.75) is 6.92 Å². The summed E-state index contributed by atoms with van der Waals surface area (Å²) in [5, 5.41) is 9.40. The maximum Gasteiger partial charge on any atom is 0.231 e. The highest BCUT2D eigenvalue weighted by atomic mass is 16.7. The van der Waals surface area contributed by atoms with Gasteiger partial charge in [-0.15, -0.1) is 0 Å². The molecule has 0 aliphatic carbocycles. The lowest BCUT2D eigenvalue weighted by Gasteiger charge is -1.99. The number of aromatic hydroxyl groups is 1. The van der Waals surface area contributed by atoms with E-state index in [4.69, 9.17) is 9.47 Å². The Kier molecular flexibility index (Phi) is 2.79. The molecule has 1 N–H and O–H groups in total. The van der Waals surface area contributed by atoms with Crippen LogP contribution in [0.2, 0.25) is 0 Å². The largest absolute Gasteiger partial charge is 0.493 e. The first-order valence-electron chi connectivity index (χ1n) is 5.83. The second-order valence-electron chi connectivity index (χ2n) is 4.17. The molecule has 0 saturated heterocycles. The van der Waals surface area contributed by atoms with Gasteiger partial charge >= 0.3 is 0 Å². The molecule has 1 aliphatic heterocycles. The Labute approximate surface area is 110 Å². The minimum absolute atomic E-state index is 0.0298. The smallest absolute Gasteiger partial charge is 0.231 e. The predicted octanol–water partition coefficient (Wildman–Crippen LogP) is 2.39. The van der Waals surface area contributed by atoms with Crippen molar-refractivity contribution >= 4 is 12.2 Å². The lowest BCUT2D eigenvalue weighted by atomic mass is 10.2. The van der Waals surface area contributed by atoms with Crippen LogP contribution in [-0.2, 0) is 0 Å². The van der Waals surface area contributed by atoms with Crippen molar-refractivity contribution in [1.82, 2.24) is 9.97 Å². The molecule has 3 rings (SSSR count). The molecule has 0 bridgehead atoms. The second-order valence-corrected chi connectivity index (χ2v) is 4.17. The molecular formula is C14H12N2O3. The zero-order chi connectivity index (χ0) is 13.2. The van der Waals surface area contributed by atoms with Crippen LogP contribution in [0.1, 0.15) is 17.1 Å². The molecule has 2 heterocycles. The number of hydrogen-bond acceptors (Lipinski definition) is 5. The summed E-state index contributed by atoms with van der Waals surface area (Å²) in [4.78, 5) is 8.13. The fourth-order valence-corrected chi connectivity index (χ4v) is 1.84. The van der Waals surface area contributed by atoms with Crippen molar-refractivity contribution in [3.63, 3.8) is 0 Å². The molecule has 0 fully saturated rings. The van der Waals surface area contributed by atoms with Crippen LogP contribution < -0.4 is 9.47 Å². The van der Waals surface area contributed by atoms with Gasteiger partial charge in [-0.05, 0) is 30.7 Å². The molecule has 0 unspecified atom stereocenters. The van der Waals surface area contributed by atoms with Crippen molar-refractivity contribution < 1.29 is 14.6 Å². The van der Waals surface area contributed by atoms with Gasteiger partial charge in [0, 0.05) is 11.8 Å². The quantitative estimate of drug-likeness (QED) is 0.893. The summed E-state index contributed by atoms with van der Waals surface area (Å²) in [5.41, 5.74) is 1.67. The highest BCUT2D eigenvalue weighted by molar-refractivity contribution is 5.68. The summed E-state index contributed by atoms with van der Waals surface area (Å²) in [5.74, 6) is 1.92. The standard InChI is InChI=1S/C14H12N2O3/c1-9-6-14(17)16-13(15-9)5-3-10-2-4-11-12(7-10)19-8-18-11/h2-7H,8H2,1H3,(H,15,16,17). The summed E-state index contributed by atoms with van der Waals surface area (Å²) in [6.45, 7) is 2.07.